The van der Waals surface area contributed by atoms with Crippen molar-refractivity contribution in [1.82, 2.24) is 9.55 Å². The quantitative estimate of drug-likeness (QED) is 0.845. The monoisotopic (exact) mass is 347 g/mol. The van der Waals surface area contributed by atoms with Gasteiger partial charge in [0.1, 0.15) is 5.82 Å². The van der Waals surface area contributed by atoms with Gasteiger partial charge in [0.05, 0.1) is 14.6 Å². The summed E-state index contributed by atoms with van der Waals surface area (Å²) in [6.45, 7) is 6.22. The molecule has 0 aliphatic rings. The van der Waals surface area contributed by atoms with Crippen molar-refractivity contribution >= 4 is 39.6 Å². The second-order valence-electron chi connectivity index (χ2n) is 4.73. The van der Waals surface area contributed by atoms with Crippen LogP contribution in [-0.4, -0.2) is 9.55 Å². The minimum Gasteiger partial charge on any atom is -0.369 e. The maximum absolute atomic E-state index is 13.6. The maximum Gasteiger partial charge on any atom is 0.201 e. The molecule has 5 heteroatoms. The van der Waals surface area contributed by atoms with Gasteiger partial charge in [-0.15, -0.1) is 0 Å². The molecule has 3 nitrogen and oxygen atoms in total. The summed E-state index contributed by atoms with van der Waals surface area (Å²) < 4.78 is 16.1. The molecule has 1 aromatic carbocycles. The lowest BCUT2D eigenvalue weighted by Gasteiger charge is -2.26. The van der Waals surface area contributed by atoms with Crippen molar-refractivity contribution in [1.29, 1.82) is 0 Å². The molecular formula is C12H15FIN3. The lowest BCUT2D eigenvalue weighted by molar-refractivity contribution is 0.357. The van der Waals surface area contributed by atoms with Crippen LogP contribution in [0.3, 0.4) is 0 Å². The van der Waals surface area contributed by atoms with E-state index in [2.05, 4.69) is 25.8 Å². The minimum atomic E-state index is -0.230. The fourth-order valence-corrected chi connectivity index (χ4v) is 2.34. The van der Waals surface area contributed by atoms with Crippen LogP contribution in [0.4, 0.5) is 10.3 Å². The number of rotatable bonds is 2. The van der Waals surface area contributed by atoms with Gasteiger partial charge in [-0.05, 0) is 48.9 Å². The Labute approximate surface area is 113 Å². The molecule has 17 heavy (non-hydrogen) atoms. The Morgan fingerprint density at radius 1 is 1.47 bits per heavy atom. The van der Waals surface area contributed by atoms with Crippen molar-refractivity contribution < 1.29 is 4.39 Å². The fraction of sp³-hybridized carbons (Fsp3) is 0.417. The van der Waals surface area contributed by atoms with Gasteiger partial charge in [-0.25, -0.2) is 9.37 Å². The van der Waals surface area contributed by atoms with Crippen molar-refractivity contribution in [2.45, 2.75) is 32.7 Å². The lowest BCUT2D eigenvalue weighted by atomic mass is 10.0. The highest BCUT2D eigenvalue weighted by molar-refractivity contribution is 14.1. The lowest BCUT2D eigenvalue weighted by Crippen LogP contribution is -2.26. The molecule has 0 spiro atoms. The number of nitrogen functional groups attached to an aromatic ring is 1. The molecule has 0 aliphatic heterocycles. The average molecular weight is 347 g/mol. The molecule has 0 atom stereocenters. The summed E-state index contributed by atoms with van der Waals surface area (Å²) in [5.74, 6) is 0.208. The van der Waals surface area contributed by atoms with E-state index in [1.165, 1.54) is 6.07 Å². The number of aromatic nitrogens is 2. The van der Waals surface area contributed by atoms with Gasteiger partial charge in [0, 0.05) is 11.6 Å². The molecule has 0 fully saturated rings. The summed E-state index contributed by atoms with van der Waals surface area (Å²) in [7, 11) is 0. The molecule has 2 aromatic rings. The van der Waals surface area contributed by atoms with Crippen LogP contribution in [0.15, 0.2) is 12.1 Å². The fourth-order valence-electron chi connectivity index (χ4n) is 1.89. The van der Waals surface area contributed by atoms with Crippen molar-refractivity contribution in [3.8, 4) is 0 Å². The van der Waals surface area contributed by atoms with Crippen LogP contribution < -0.4 is 5.73 Å². The number of benzene rings is 1. The number of halogens is 2. The molecular weight excluding hydrogens is 332 g/mol. The minimum absolute atomic E-state index is 0.169. The van der Waals surface area contributed by atoms with E-state index in [9.17, 15) is 4.39 Å². The molecule has 0 saturated heterocycles. The van der Waals surface area contributed by atoms with Crippen LogP contribution in [0.5, 0.6) is 0 Å². The summed E-state index contributed by atoms with van der Waals surface area (Å²) in [6, 6.07) is 3.24. The summed E-state index contributed by atoms with van der Waals surface area (Å²) in [5.41, 5.74) is 7.28. The van der Waals surface area contributed by atoms with Crippen LogP contribution in [0, 0.1) is 9.39 Å². The molecule has 92 valence electrons. The van der Waals surface area contributed by atoms with Gasteiger partial charge in [0.15, 0.2) is 0 Å². The number of anilines is 1. The van der Waals surface area contributed by atoms with Gasteiger partial charge in [0.25, 0.3) is 0 Å². The summed E-state index contributed by atoms with van der Waals surface area (Å²) >= 11 is 1.96. The summed E-state index contributed by atoms with van der Waals surface area (Å²) in [6.07, 6.45) is 0.899. The number of hydrogen-bond acceptors (Lipinski definition) is 2. The third kappa shape index (κ3) is 2.00. The van der Waals surface area contributed by atoms with Crippen molar-refractivity contribution in [2.75, 3.05) is 5.73 Å². The van der Waals surface area contributed by atoms with E-state index < -0.39 is 0 Å². The second kappa shape index (κ2) is 4.12. The van der Waals surface area contributed by atoms with Gasteiger partial charge >= 0.3 is 0 Å². The standard InChI is InChI=1S/C12H15FIN3/c1-4-12(2,3)17-10-5-7(13)8(14)6-9(10)16-11(17)15/h5-6H,4H2,1-3H3,(H2,15,16). The molecule has 1 heterocycles. The molecule has 0 bridgehead atoms. The van der Waals surface area contributed by atoms with E-state index in [1.807, 2.05) is 27.2 Å². The topological polar surface area (TPSA) is 43.8 Å². The van der Waals surface area contributed by atoms with Gasteiger partial charge in [-0.2, -0.15) is 0 Å². The first-order valence-corrected chi connectivity index (χ1v) is 6.58. The van der Waals surface area contributed by atoms with Crippen molar-refractivity contribution in [2.24, 2.45) is 0 Å². The third-order valence-electron chi connectivity index (χ3n) is 3.19. The van der Waals surface area contributed by atoms with E-state index in [0.717, 1.165) is 17.5 Å². The first kappa shape index (κ1) is 12.6. The largest absolute Gasteiger partial charge is 0.369 e. The molecule has 0 unspecified atom stereocenters. The molecule has 0 amide bonds. The zero-order chi connectivity index (χ0) is 12.8. The van der Waals surface area contributed by atoms with Gasteiger partial charge in [-0.3, -0.25) is 0 Å². The SMILES string of the molecule is CCC(C)(C)n1c(N)nc2cc(I)c(F)cc21. The summed E-state index contributed by atoms with van der Waals surface area (Å²) in [4.78, 5) is 4.30. The number of nitrogens with two attached hydrogens (primary N) is 1. The highest BCUT2D eigenvalue weighted by Crippen LogP contribution is 2.30. The van der Waals surface area contributed by atoms with Crippen LogP contribution >= 0.6 is 22.6 Å². The first-order chi connectivity index (χ1) is 7.86. The maximum atomic E-state index is 13.6. The Morgan fingerprint density at radius 3 is 2.71 bits per heavy atom. The smallest absolute Gasteiger partial charge is 0.201 e. The van der Waals surface area contributed by atoms with Gasteiger partial charge in [-0.1, -0.05) is 6.92 Å². The Balaban J connectivity index is 2.80. The Bertz CT molecular complexity index is 575. The van der Waals surface area contributed by atoms with E-state index in [-0.39, 0.29) is 11.4 Å². The molecule has 1 aromatic heterocycles. The first-order valence-electron chi connectivity index (χ1n) is 5.50. The Hall–Kier alpha value is -0.850. The van der Waals surface area contributed by atoms with Gasteiger partial charge in [0.2, 0.25) is 5.95 Å². The predicted molar refractivity (Wildman–Crippen MR) is 76.4 cm³/mol. The average Bonchev–Trinajstić information content (AvgIpc) is 2.55. The third-order valence-corrected chi connectivity index (χ3v) is 4.02. The molecule has 0 radical (unpaired) electrons. The number of nitrogens with zero attached hydrogens (tertiary/aromatic N) is 2. The highest BCUT2D eigenvalue weighted by Gasteiger charge is 2.23. The zero-order valence-electron chi connectivity index (χ0n) is 10.1. The molecule has 2 rings (SSSR count). The molecule has 0 aliphatic carbocycles. The van der Waals surface area contributed by atoms with E-state index in [4.69, 9.17) is 5.73 Å². The second-order valence-corrected chi connectivity index (χ2v) is 5.89. The number of fused-ring (bicyclic) bond motifs is 1. The van der Waals surface area contributed by atoms with Gasteiger partial charge < -0.3 is 10.3 Å². The number of hydrogen-bond donors (Lipinski definition) is 1. The van der Waals surface area contributed by atoms with E-state index in [0.29, 0.717) is 9.52 Å². The number of imidazole rings is 1. The molecule has 2 N–H and O–H groups in total. The predicted octanol–water partition coefficient (Wildman–Crippen LogP) is 3.51. The van der Waals surface area contributed by atoms with Crippen molar-refractivity contribution in [3.05, 3.63) is 21.5 Å². The van der Waals surface area contributed by atoms with Crippen molar-refractivity contribution in [3.63, 3.8) is 0 Å². The van der Waals surface area contributed by atoms with E-state index in [1.54, 1.807) is 6.07 Å². The summed E-state index contributed by atoms with van der Waals surface area (Å²) in [5, 5.41) is 0. The van der Waals surface area contributed by atoms with Crippen LogP contribution in [0.2, 0.25) is 0 Å². The zero-order valence-corrected chi connectivity index (χ0v) is 12.2. The highest BCUT2D eigenvalue weighted by atomic mass is 127. The normalized spacial score (nSPS) is 12.3. The Kier molecular flexibility index (Phi) is 3.05. The van der Waals surface area contributed by atoms with Crippen LogP contribution in [0.25, 0.3) is 11.0 Å². The van der Waals surface area contributed by atoms with Crippen LogP contribution in [0.1, 0.15) is 27.2 Å². The Morgan fingerprint density at radius 2 is 2.12 bits per heavy atom. The van der Waals surface area contributed by atoms with E-state index >= 15 is 0 Å². The molecule has 0 saturated carbocycles. The van der Waals surface area contributed by atoms with Crippen LogP contribution in [-0.2, 0) is 5.54 Å².